The number of hydrogen-bond donors (Lipinski definition) is 2. The van der Waals surface area contributed by atoms with Crippen molar-refractivity contribution in [3.63, 3.8) is 0 Å². The highest BCUT2D eigenvalue weighted by molar-refractivity contribution is 6.07. The third-order valence-electron chi connectivity index (χ3n) is 7.06. The number of imide groups is 1. The first-order valence-electron chi connectivity index (χ1n) is 11.8. The first kappa shape index (κ1) is 24.9. The number of carbonyl (C=O) groups is 2. The summed E-state index contributed by atoms with van der Waals surface area (Å²) in [5.74, 6) is 0.107. The first-order valence-corrected chi connectivity index (χ1v) is 11.8. The van der Waals surface area contributed by atoms with Crippen molar-refractivity contribution in [3.05, 3.63) is 59.4 Å². The smallest absolute Gasteiger partial charge is 0.325 e. The number of carbonyl (C=O) groups excluding carboxylic acids is 2. The molecule has 3 amide bonds. The van der Waals surface area contributed by atoms with Gasteiger partial charge in [0.1, 0.15) is 22.9 Å². The summed E-state index contributed by atoms with van der Waals surface area (Å²) in [6, 6.07) is 10.9. The summed E-state index contributed by atoms with van der Waals surface area (Å²) >= 11 is 0. The summed E-state index contributed by atoms with van der Waals surface area (Å²) < 4.78 is 24.3. The Labute approximate surface area is 204 Å². The Kier molecular flexibility index (Phi) is 7.57. The maximum atomic E-state index is 13.9. The number of urea groups is 1. The van der Waals surface area contributed by atoms with Crippen molar-refractivity contribution in [1.29, 1.82) is 0 Å². The Bertz CT molecular complexity index is 1070. The number of rotatable bonds is 9. The van der Waals surface area contributed by atoms with E-state index in [9.17, 15) is 19.1 Å². The van der Waals surface area contributed by atoms with E-state index in [2.05, 4.69) is 10.2 Å². The summed E-state index contributed by atoms with van der Waals surface area (Å²) in [5.41, 5.74) is 0.298. The van der Waals surface area contributed by atoms with Crippen LogP contribution in [0, 0.1) is 11.7 Å². The number of ether oxygens (including phenoxy) is 2. The Hall–Kier alpha value is -3.17. The third-order valence-corrected chi connectivity index (χ3v) is 7.06. The van der Waals surface area contributed by atoms with Gasteiger partial charge in [0.2, 0.25) is 0 Å². The van der Waals surface area contributed by atoms with E-state index in [4.69, 9.17) is 9.47 Å². The molecule has 2 N–H and O–H groups in total. The van der Waals surface area contributed by atoms with Crippen LogP contribution in [-0.2, 0) is 22.5 Å². The molecule has 0 spiro atoms. The highest BCUT2D eigenvalue weighted by Gasteiger charge is 2.55. The van der Waals surface area contributed by atoms with Gasteiger partial charge in [-0.25, -0.2) is 9.18 Å². The van der Waals surface area contributed by atoms with Crippen LogP contribution < -0.4 is 10.1 Å². The minimum absolute atomic E-state index is 0.120. The molecule has 2 fully saturated rings. The first-order chi connectivity index (χ1) is 16.9. The molecule has 8 nitrogen and oxygen atoms in total. The largest absolute Gasteiger partial charge is 0.508 e. The standard InChI is InChI=1S/C26H32FN3O5/c1-34-13-12-30-24(32)26(28-25(30)33,16-18-4-3-5-21(27)14-18)20-8-10-29(11-9-20)17-19-15-22(35-2)6-7-23(19)31/h3-7,14-15,20,31H,8-13,16-17H2,1-2H3,(H,28,33)/t26-/m1/s1. The average Bonchev–Trinajstić information content (AvgIpc) is 3.09. The molecule has 9 heteroatoms. The van der Waals surface area contributed by atoms with Gasteiger partial charge in [0.05, 0.1) is 20.3 Å². The predicted octanol–water partition coefficient (Wildman–Crippen LogP) is 2.93. The molecular formula is C26H32FN3O5. The van der Waals surface area contributed by atoms with Gasteiger partial charge in [0.15, 0.2) is 0 Å². The topological polar surface area (TPSA) is 91.3 Å². The lowest BCUT2D eigenvalue weighted by atomic mass is 9.74. The molecule has 0 radical (unpaired) electrons. The highest BCUT2D eigenvalue weighted by atomic mass is 19.1. The molecule has 188 valence electrons. The van der Waals surface area contributed by atoms with Crippen LogP contribution in [0.2, 0.25) is 0 Å². The van der Waals surface area contributed by atoms with E-state index in [0.717, 1.165) is 5.56 Å². The molecule has 2 aliphatic rings. The van der Waals surface area contributed by atoms with Gasteiger partial charge in [0.25, 0.3) is 5.91 Å². The Morgan fingerprint density at radius 1 is 1.14 bits per heavy atom. The Balaban J connectivity index is 1.53. The van der Waals surface area contributed by atoms with Crippen LogP contribution in [0.3, 0.4) is 0 Å². The Morgan fingerprint density at radius 2 is 1.91 bits per heavy atom. The van der Waals surface area contributed by atoms with Gasteiger partial charge < -0.3 is 19.9 Å². The van der Waals surface area contributed by atoms with Crippen molar-refractivity contribution >= 4 is 11.9 Å². The molecule has 2 aromatic carbocycles. The van der Waals surface area contributed by atoms with Crippen molar-refractivity contribution in [2.45, 2.75) is 31.3 Å². The van der Waals surface area contributed by atoms with Crippen LogP contribution >= 0.6 is 0 Å². The second kappa shape index (κ2) is 10.6. The number of benzene rings is 2. The number of likely N-dealkylation sites (tertiary alicyclic amines) is 1. The molecule has 0 aliphatic carbocycles. The van der Waals surface area contributed by atoms with E-state index in [0.29, 0.717) is 43.8 Å². The van der Waals surface area contributed by atoms with Crippen molar-refractivity contribution in [3.8, 4) is 11.5 Å². The van der Waals surface area contributed by atoms with Crippen LogP contribution in [-0.4, -0.2) is 72.8 Å². The Morgan fingerprint density at radius 3 is 2.60 bits per heavy atom. The van der Waals surface area contributed by atoms with E-state index in [-0.39, 0.29) is 43.0 Å². The molecule has 4 rings (SSSR count). The molecule has 1 atom stereocenters. The van der Waals surface area contributed by atoms with Crippen molar-refractivity contribution in [2.24, 2.45) is 5.92 Å². The number of nitrogens with zero attached hydrogens (tertiary/aromatic N) is 2. The molecule has 35 heavy (non-hydrogen) atoms. The molecule has 0 aromatic heterocycles. The van der Waals surface area contributed by atoms with Crippen LogP contribution in [0.4, 0.5) is 9.18 Å². The molecule has 0 unspecified atom stereocenters. The SMILES string of the molecule is COCCN1C(=O)N[C@](Cc2cccc(F)c2)(C2CCN(Cc3cc(OC)ccc3O)CC2)C1=O. The number of hydrogen-bond acceptors (Lipinski definition) is 6. The fourth-order valence-corrected chi connectivity index (χ4v) is 5.18. The fraction of sp³-hybridized carbons (Fsp3) is 0.462. The molecule has 2 aliphatic heterocycles. The lowest BCUT2D eigenvalue weighted by Gasteiger charge is -2.41. The predicted molar refractivity (Wildman–Crippen MR) is 128 cm³/mol. The number of piperidine rings is 1. The zero-order valence-corrected chi connectivity index (χ0v) is 20.1. The second-order valence-electron chi connectivity index (χ2n) is 9.20. The summed E-state index contributed by atoms with van der Waals surface area (Å²) in [5, 5.41) is 13.2. The third kappa shape index (κ3) is 5.26. The summed E-state index contributed by atoms with van der Waals surface area (Å²) in [6.07, 6.45) is 1.56. The molecule has 0 saturated carbocycles. The zero-order chi connectivity index (χ0) is 25.0. The van der Waals surface area contributed by atoms with Gasteiger partial charge in [-0.2, -0.15) is 0 Å². The number of amides is 3. The number of aromatic hydroxyl groups is 1. The molecule has 2 saturated heterocycles. The molecule has 2 heterocycles. The van der Waals surface area contributed by atoms with Crippen LogP contribution in [0.25, 0.3) is 0 Å². The monoisotopic (exact) mass is 485 g/mol. The van der Waals surface area contributed by atoms with E-state index >= 15 is 0 Å². The van der Waals surface area contributed by atoms with E-state index in [1.165, 1.54) is 24.1 Å². The van der Waals surface area contributed by atoms with E-state index in [1.807, 2.05) is 6.07 Å². The van der Waals surface area contributed by atoms with Gasteiger partial charge in [0, 0.05) is 25.6 Å². The maximum absolute atomic E-state index is 13.9. The molecule has 0 bridgehead atoms. The van der Waals surface area contributed by atoms with Crippen molar-refractivity contribution in [1.82, 2.24) is 15.1 Å². The maximum Gasteiger partial charge on any atom is 0.325 e. The van der Waals surface area contributed by atoms with Crippen LogP contribution in [0.5, 0.6) is 11.5 Å². The minimum atomic E-state index is -1.14. The number of phenols is 1. The number of halogens is 1. The van der Waals surface area contributed by atoms with Crippen LogP contribution in [0.15, 0.2) is 42.5 Å². The van der Waals surface area contributed by atoms with Gasteiger partial charge in [-0.05, 0) is 67.7 Å². The van der Waals surface area contributed by atoms with Gasteiger partial charge in [-0.1, -0.05) is 12.1 Å². The lowest BCUT2D eigenvalue weighted by Crippen LogP contribution is -2.57. The second-order valence-corrected chi connectivity index (χ2v) is 9.20. The van der Waals surface area contributed by atoms with Gasteiger partial charge in [-0.15, -0.1) is 0 Å². The lowest BCUT2D eigenvalue weighted by molar-refractivity contribution is -0.134. The van der Waals surface area contributed by atoms with E-state index in [1.54, 1.807) is 31.4 Å². The van der Waals surface area contributed by atoms with Gasteiger partial charge in [-0.3, -0.25) is 14.6 Å². The van der Waals surface area contributed by atoms with Crippen LogP contribution in [0.1, 0.15) is 24.0 Å². The van der Waals surface area contributed by atoms with Crippen molar-refractivity contribution < 1.29 is 28.6 Å². The van der Waals surface area contributed by atoms with E-state index < -0.39 is 11.6 Å². The number of phenolic OH excluding ortho intramolecular Hbond substituents is 1. The minimum Gasteiger partial charge on any atom is -0.508 e. The average molecular weight is 486 g/mol. The highest BCUT2D eigenvalue weighted by Crippen LogP contribution is 2.37. The van der Waals surface area contributed by atoms with Crippen molar-refractivity contribution in [2.75, 3.05) is 40.5 Å². The normalized spacial score (nSPS) is 21.4. The molecular weight excluding hydrogens is 453 g/mol. The summed E-state index contributed by atoms with van der Waals surface area (Å²) in [7, 11) is 3.11. The summed E-state index contributed by atoms with van der Waals surface area (Å²) in [6.45, 7) is 2.34. The zero-order valence-electron chi connectivity index (χ0n) is 20.1. The fourth-order valence-electron chi connectivity index (χ4n) is 5.18. The van der Waals surface area contributed by atoms with Gasteiger partial charge >= 0.3 is 6.03 Å². The molecule has 2 aromatic rings. The number of methoxy groups -OCH3 is 2. The number of nitrogens with one attached hydrogen (secondary N) is 1. The summed E-state index contributed by atoms with van der Waals surface area (Å²) in [4.78, 5) is 29.9. The quantitative estimate of drug-likeness (QED) is 0.531.